The number of carbonyl (C=O) groups is 1. The summed E-state index contributed by atoms with van der Waals surface area (Å²) in [5.74, 6) is 0.831. The van der Waals surface area contributed by atoms with Crippen LogP contribution in [0, 0.1) is 0 Å². The van der Waals surface area contributed by atoms with Crippen LogP contribution in [0.25, 0.3) is 6.08 Å². The Morgan fingerprint density at radius 2 is 1.81 bits per heavy atom. The van der Waals surface area contributed by atoms with E-state index in [2.05, 4.69) is 4.99 Å². The zero-order chi connectivity index (χ0) is 30.7. The summed E-state index contributed by atoms with van der Waals surface area (Å²) in [4.78, 5) is 32.2. The average molecular weight is 638 g/mol. The zero-order valence-electron chi connectivity index (χ0n) is 24.1. The third-order valence-electron chi connectivity index (χ3n) is 6.63. The molecule has 10 heteroatoms. The first-order valence-corrected chi connectivity index (χ1v) is 15.3. The van der Waals surface area contributed by atoms with Gasteiger partial charge in [0.25, 0.3) is 5.56 Å². The van der Waals surface area contributed by atoms with Crippen LogP contribution in [-0.2, 0) is 16.1 Å². The summed E-state index contributed by atoms with van der Waals surface area (Å²) in [6.45, 7) is 7.93. The number of rotatable bonds is 9. The monoisotopic (exact) mass is 636 g/mol. The Labute approximate surface area is 263 Å². The lowest BCUT2D eigenvalue weighted by molar-refractivity contribution is -0.139. The molecule has 7 nitrogen and oxygen atoms in total. The highest BCUT2D eigenvalue weighted by molar-refractivity contribution is 7.07. The summed E-state index contributed by atoms with van der Waals surface area (Å²) in [7, 11) is 0. The second kappa shape index (κ2) is 13.2. The van der Waals surface area contributed by atoms with Gasteiger partial charge in [-0.05, 0) is 86.9 Å². The molecule has 0 radical (unpaired) electrons. The second-order valence-electron chi connectivity index (χ2n) is 10.1. The van der Waals surface area contributed by atoms with Crippen LogP contribution in [0.3, 0.4) is 0 Å². The van der Waals surface area contributed by atoms with E-state index >= 15 is 0 Å². The molecule has 43 heavy (non-hydrogen) atoms. The molecular weight excluding hydrogens is 607 g/mol. The lowest BCUT2D eigenvalue weighted by Crippen LogP contribution is -2.39. The van der Waals surface area contributed by atoms with Gasteiger partial charge in [0.2, 0.25) is 0 Å². The third-order valence-corrected chi connectivity index (χ3v) is 8.35. The molecule has 0 fully saturated rings. The summed E-state index contributed by atoms with van der Waals surface area (Å²) in [6, 6.07) is 19.5. The lowest BCUT2D eigenvalue weighted by Gasteiger charge is -2.25. The molecule has 222 valence electrons. The Morgan fingerprint density at radius 1 is 1.05 bits per heavy atom. The van der Waals surface area contributed by atoms with Gasteiger partial charge in [0.1, 0.15) is 18.1 Å². The molecule has 0 bridgehead atoms. The van der Waals surface area contributed by atoms with Crippen LogP contribution in [0.15, 0.2) is 87.8 Å². The quantitative estimate of drug-likeness (QED) is 0.197. The maximum Gasteiger partial charge on any atom is 0.338 e. The second-order valence-corrected chi connectivity index (χ2v) is 12.0. The predicted molar refractivity (Wildman–Crippen MR) is 170 cm³/mol. The van der Waals surface area contributed by atoms with E-state index in [0.717, 1.165) is 16.7 Å². The van der Waals surface area contributed by atoms with Crippen LogP contribution in [0.4, 0.5) is 0 Å². The molecule has 0 spiro atoms. The molecule has 3 aromatic carbocycles. The maximum atomic E-state index is 13.9. The number of aromatic nitrogens is 1. The molecule has 0 saturated carbocycles. The molecule has 0 N–H and O–H groups in total. The number of fused-ring (bicyclic) bond motifs is 1. The molecule has 5 rings (SSSR count). The van der Waals surface area contributed by atoms with E-state index in [-0.39, 0.29) is 18.3 Å². The summed E-state index contributed by atoms with van der Waals surface area (Å²) in [5.41, 5.74) is 2.99. The van der Waals surface area contributed by atoms with Crippen LogP contribution in [0.5, 0.6) is 11.5 Å². The van der Waals surface area contributed by atoms with Crippen molar-refractivity contribution < 1.29 is 19.0 Å². The summed E-state index contributed by atoms with van der Waals surface area (Å²) >= 11 is 13.4. The Balaban J connectivity index is 1.52. The van der Waals surface area contributed by atoms with E-state index in [1.165, 1.54) is 11.3 Å². The highest BCUT2D eigenvalue weighted by Crippen LogP contribution is 2.32. The van der Waals surface area contributed by atoms with Crippen molar-refractivity contribution in [2.75, 3.05) is 6.61 Å². The Kier molecular flexibility index (Phi) is 9.40. The number of halogens is 2. The highest BCUT2D eigenvalue weighted by atomic mass is 35.5. The number of hydrogen-bond donors (Lipinski definition) is 0. The van der Waals surface area contributed by atoms with Crippen molar-refractivity contribution >= 4 is 46.6 Å². The van der Waals surface area contributed by atoms with Crippen molar-refractivity contribution in [2.45, 2.75) is 46.4 Å². The van der Waals surface area contributed by atoms with Gasteiger partial charge in [0, 0.05) is 0 Å². The fourth-order valence-corrected chi connectivity index (χ4v) is 6.12. The smallest absolute Gasteiger partial charge is 0.338 e. The number of thiazole rings is 1. The van der Waals surface area contributed by atoms with Gasteiger partial charge in [0.05, 0.1) is 44.6 Å². The number of benzene rings is 3. The minimum atomic E-state index is -0.702. The molecule has 0 aliphatic carbocycles. The third kappa shape index (κ3) is 6.88. The minimum Gasteiger partial charge on any atom is -0.491 e. The van der Waals surface area contributed by atoms with E-state index in [1.807, 2.05) is 68.4 Å². The molecule has 1 atom stereocenters. The molecule has 1 aromatic heterocycles. The van der Waals surface area contributed by atoms with E-state index in [4.69, 9.17) is 37.4 Å². The largest absolute Gasteiger partial charge is 0.491 e. The highest BCUT2D eigenvalue weighted by Gasteiger charge is 2.33. The number of ether oxygens (including phenoxy) is 3. The van der Waals surface area contributed by atoms with Crippen LogP contribution >= 0.6 is 34.5 Å². The van der Waals surface area contributed by atoms with Crippen molar-refractivity contribution in [3.63, 3.8) is 0 Å². The average Bonchev–Trinajstić information content (AvgIpc) is 3.27. The van der Waals surface area contributed by atoms with Crippen molar-refractivity contribution in [1.82, 2.24) is 4.57 Å². The van der Waals surface area contributed by atoms with E-state index in [1.54, 1.807) is 36.6 Å². The van der Waals surface area contributed by atoms with E-state index in [0.29, 0.717) is 48.8 Å². The first kappa shape index (κ1) is 30.6. The van der Waals surface area contributed by atoms with Gasteiger partial charge in [0.15, 0.2) is 4.80 Å². The number of carbonyl (C=O) groups excluding carboxylic acids is 1. The Bertz CT molecular complexity index is 1880. The number of hydrogen-bond acceptors (Lipinski definition) is 7. The Hall–Kier alpha value is -3.85. The van der Waals surface area contributed by atoms with Gasteiger partial charge < -0.3 is 14.2 Å². The van der Waals surface area contributed by atoms with Gasteiger partial charge in [-0.1, -0.05) is 64.9 Å². The SMILES string of the molecule is CCOC(=O)C1=C(C)N=c2s/c(=C/c3cccc(OCc4ccc(Cl)c(Cl)c4)c3)c(=O)n2[C@@H]1c1ccc(OC(C)C)cc1. The van der Waals surface area contributed by atoms with Gasteiger partial charge in [-0.2, -0.15) is 0 Å². The van der Waals surface area contributed by atoms with Gasteiger partial charge >= 0.3 is 5.97 Å². The van der Waals surface area contributed by atoms with Crippen LogP contribution in [0.1, 0.15) is 50.4 Å². The molecule has 0 unspecified atom stereocenters. The molecule has 2 heterocycles. The maximum absolute atomic E-state index is 13.9. The standard InChI is InChI=1S/C33H30Cl2N2O5S/c1-5-40-32(39)29-20(4)36-33-37(30(29)23-10-12-24(13-11-23)42-19(2)3)31(38)28(43-33)17-21-7-6-8-25(15-21)41-18-22-9-14-26(34)27(35)16-22/h6-17,19,30H,5,18H2,1-4H3/b28-17+/t30-/m1/s1. The van der Waals surface area contributed by atoms with Crippen LogP contribution < -0.4 is 24.4 Å². The molecule has 1 aliphatic heterocycles. The fourth-order valence-electron chi connectivity index (χ4n) is 4.75. The number of nitrogens with zero attached hydrogens (tertiary/aromatic N) is 2. The summed E-state index contributed by atoms with van der Waals surface area (Å²) in [5, 5.41) is 0.948. The first-order valence-electron chi connectivity index (χ1n) is 13.8. The van der Waals surface area contributed by atoms with E-state index in [9.17, 15) is 9.59 Å². The van der Waals surface area contributed by atoms with E-state index < -0.39 is 12.0 Å². The van der Waals surface area contributed by atoms with Crippen LogP contribution in [-0.4, -0.2) is 23.2 Å². The minimum absolute atomic E-state index is 0.0144. The zero-order valence-corrected chi connectivity index (χ0v) is 26.4. The molecule has 0 amide bonds. The van der Waals surface area contributed by atoms with Crippen LogP contribution in [0.2, 0.25) is 10.0 Å². The fraction of sp³-hybridized carbons (Fsp3) is 0.242. The summed E-state index contributed by atoms with van der Waals surface area (Å²) in [6.07, 6.45) is 1.82. The summed E-state index contributed by atoms with van der Waals surface area (Å²) < 4.78 is 19.2. The predicted octanol–water partition coefficient (Wildman–Crippen LogP) is 6.47. The molecule has 4 aromatic rings. The number of esters is 1. The van der Waals surface area contributed by atoms with Gasteiger partial charge in [-0.3, -0.25) is 9.36 Å². The Morgan fingerprint density at radius 3 is 2.51 bits per heavy atom. The molecular formula is C33H30Cl2N2O5S. The van der Waals surface area contributed by atoms with Gasteiger partial charge in [-0.15, -0.1) is 0 Å². The lowest BCUT2D eigenvalue weighted by atomic mass is 9.96. The number of allylic oxidation sites excluding steroid dienone is 1. The molecule has 0 saturated heterocycles. The molecule has 1 aliphatic rings. The topological polar surface area (TPSA) is 79.1 Å². The van der Waals surface area contributed by atoms with Crippen molar-refractivity contribution in [2.24, 2.45) is 4.99 Å². The van der Waals surface area contributed by atoms with Crippen molar-refractivity contribution in [3.05, 3.63) is 124 Å². The normalized spacial score (nSPS) is 14.9. The first-order chi connectivity index (χ1) is 20.6. The van der Waals surface area contributed by atoms with Crippen molar-refractivity contribution in [3.8, 4) is 11.5 Å². The van der Waals surface area contributed by atoms with Gasteiger partial charge in [-0.25, -0.2) is 9.79 Å². The van der Waals surface area contributed by atoms with Crippen molar-refractivity contribution in [1.29, 1.82) is 0 Å².